The molecule has 0 aromatic heterocycles. The SMILES string of the molecule is CCN(CC)CCC(NC)c1ccc(F)cc1F. The quantitative estimate of drug-likeness (QED) is 0.807. The molecule has 1 atom stereocenters. The summed E-state index contributed by atoms with van der Waals surface area (Å²) in [6, 6.07) is 3.69. The van der Waals surface area contributed by atoms with Crippen LogP contribution in [0.2, 0.25) is 0 Å². The van der Waals surface area contributed by atoms with Crippen molar-refractivity contribution >= 4 is 0 Å². The molecule has 0 aliphatic rings. The first-order chi connectivity index (χ1) is 8.62. The second kappa shape index (κ2) is 7.44. The maximum atomic E-state index is 13.7. The fourth-order valence-electron chi connectivity index (χ4n) is 2.09. The zero-order valence-corrected chi connectivity index (χ0v) is 11.3. The van der Waals surface area contributed by atoms with Crippen molar-refractivity contribution in [2.45, 2.75) is 26.3 Å². The normalized spacial score (nSPS) is 13.0. The Morgan fingerprint density at radius 2 is 1.89 bits per heavy atom. The van der Waals surface area contributed by atoms with Gasteiger partial charge in [-0.1, -0.05) is 19.9 Å². The van der Waals surface area contributed by atoms with Crippen molar-refractivity contribution in [1.82, 2.24) is 10.2 Å². The molecule has 18 heavy (non-hydrogen) atoms. The molecule has 1 unspecified atom stereocenters. The Morgan fingerprint density at radius 1 is 1.22 bits per heavy atom. The van der Waals surface area contributed by atoms with Gasteiger partial charge in [-0.2, -0.15) is 0 Å². The lowest BCUT2D eigenvalue weighted by molar-refractivity contribution is 0.283. The maximum absolute atomic E-state index is 13.7. The van der Waals surface area contributed by atoms with Crippen LogP contribution in [-0.2, 0) is 0 Å². The van der Waals surface area contributed by atoms with Gasteiger partial charge in [0.1, 0.15) is 11.6 Å². The lowest BCUT2D eigenvalue weighted by atomic mass is 10.0. The van der Waals surface area contributed by atoms with Gasteiger partial charge in [0, 0.05) is 17.7 Å². The number of benzene rings is 1. The molecule has 0 aliphatic heterocycles. The molecule has 0 heterocycles. The summed E-state index contributed by atoms with van der Waals surface area (Å²) in [5, 5.41) is 3.09. The summed E-state index contributed by atoms with van der Waals surface area (Å²) in [6.07, 6.45) is 0.806. The van der Waals surface area contributed by atoms with Crippen molar-refractivity contribution in [3.8, 4) is 0 Å². The topological polar surface area (TPSA) is 15.3 Å². The third kappa shape index (κ3) is 4.03. The third-order valence-corrected chi connectivity index (χ3v) is 3.31. The predicted octanol–water partition coefficient (Wildman–Crippen LogP) is 2.96. The van der Waals surface area contributed by atoms with Crippen molar-refractivity contribution in [2.24, 2.45) is 0 Å². The first-order valence-corrected chi connectivity index (χ1v) is 6.46. The molecule has 102 valence electrons. The van der Waals surface area contributed by atoms with Crippen LogP contribution in [0.3, 0.4) is 0 Å². The second-order valence-corrected chi connectivity index (χ2v) is 4.32. The Bertz CT molecular complexity index is 365. The van der Waals surface area contributed by atoms with E-state index in [9.17, 15) is 8.78 Å². The summed E-state index contributed by atoms with van der Waals surface area (Å²) in [4.78, 5) is 2.28. The first kappa shape index (κ1) is 15.1. The molecule has 1 aromatic carbocycles. The molecular weight excluding hydrogens is 234 g/mol. The van der Waals surface area contributed by atoms with E-state index in [2.05, 4.69) is 24.1 Å². The summed E-state index contributed by atoms with van der Waals surface area (Å²) < 4.78 is 26.6. The lowest BCUT2D eigenvalue weighted by Crippen LogP contribution is -2.28. The Kier molecular flexibility index (Phi) is 6.22. The van der Waals surface area contributed by atoms with E-state index in [0.29, 0.717) is 5.56 Å². The van der Waals surface area contributed by atoms with Gasteiger partial charge < -0.3 is 10.2 Å². The van der Waals surface area contributed by atoms with Crippen LogP contribution in [0.4, 0.5) is 8.78 Å². The average Bonchev–Trinajstić information content (AvgIpc) is 2.36. The molecule has 0 amide bonds. The van der Waals surface area contributed by atoms with Crippen molar-refractivity contribution < 1.29 is 8.78 Å². The Hall–Kier alpha value is -1.00. The fraction of sp³-hybridized carbons (Fsp3) is 0.571. The van der Waals surface area contributed by atoms with E-state index in [1.54, 1.807) is 7.05 Å². The van der Waals surface area contributed by atoms with Crippen LogP contribution in [0.25, 0.3) is 0 Å². The molecule has 0 bridgehead atoms. The van der Waals surface area contributed by atoms with Crippen LogP contribution in [-0.4, -0.2) is 31.6 Å². The maximum Gasteiger partial charge on any atom is 0.130 e. The smallest absolute Gasteiger partial charge is 0.130 e. The molecule has 0 spiro atoms. The van der Waals surface area contributed by atoms with Crippen LogP contribution in [0.1, 0.15) is 31.9 Å². The van der Waals surface area contributed by atoms with Gasteiger partial charge in [0.15, 0.2) is 0 Å². The van der Waals surface area contributed by atoms with Crippen LogP contribution in [0.5, 0.6) is 0 Å². The van der Waals surface area contributed by atoms with E-state index in [-0.39, 0.29) is 6.04 Å². The molecule has 1 N–H and O–H groups in total. The summed E-state index contributed by atoms with van der Waals surface area (Å²) >= 11 is 0. The third-order valence-electron chi connectivity index (χ3n) is 3.31. The van der Waals surface area contributed by atoms with Crippen molar-refractivity contribution in [3.05, 3.63) is 35.4 Å². The number of nitrogens with one attached hydrogen (secondary N) is 1. The minimum Gasteiger partial charge on any atom is -0.313 e. The fourth-order valence-corrected chi connectivity index (χ4v) is 2.09. The van der Waals surface area contributed by atoms with Gasteiger partial charge in [-0.15, -0.1) is 0 Å². The van der Waals surface area contributed by atoms with E-state index in [1.165, 1.54) is 12.1 Å². The van der Waals surface area contributed by atoms with Gasteiger partial charge in [-0.3, -0.25) is 0 Å². The molecule has 1 aromatic rings. The van der Waals surface area contributed by atoms with E-state index >= 15 is 0 Å². The number of rotatable bonds is 7. The Labute approximate surface area is 108 Å². The minimum atomic E-state index is -0.533. The van der Waals surface area contributed by atoms with E-state index in [1.807, 2.05) is 0 Å². The van der Waals surface area contributed by atoms with Gasteiger partial charge in [-0.05, 0) is 39.2 Å². The monoisotopic (exact) mass is 256 g/mol. The highest BCUT2D eigenvalue weighted by Crippen LogP contribution is 2.21. The number of hydrogen-bond acceptors (Lipinski definition) is 2. The summed E-state index contributed by atoms with van der Waals surface area (Å²) in [5.41, 5.74) is 0.533. The average molecular weight is 256 g/mol. The number of hydrogen-bond donors (Lipinski definition) is 1. The molecule has 4 heteroatoms. The Balaban J connectivity index is 2.71. The van der Waals surface area contributed by atoms with Gasteiger partial charge in [0.25, 0.3) is 0 Å². The van der Waals surface area contributed by atoms with Crippen LogP contribution >= 0.6 is 0 Å². The first-order valence-electron chi connectivity index (χ1n) is 6.46. The summed E-state index contributed by atoms with van der Waals surface area (Å²) in [5.74, 6) is -1.01. The zero-order chi connectivity index (χ0) is 13.5. The highest BCUT2D eigenvalue weighted by Gasteiger charge is 2.15. The number of nitrogens with zero attached hydrogens (tertiary/aromatic N) is 1. The number of halogens is 2. The van der Waals surface area contributed by atoms with Crippen LogP contribution < -0.4 is 5.32 Å². The molecule has 0 aliphatic carbocycles. The molecule has 1 rings (SSSR count). The molecule has 0 saturated carbocycles. The molecule has 0 fully saturated rings. The highest BCUT2D eigenvalue weighted by molar-refractivity contribution is 5.22. The van der Waals surface area contributed by atoms with E-state index in [4.69, 9.17) is 0 Å². The van der Waals surface area contributed by atoms with Gasteiger partial charge in [0.2, 0.25) is 0 Å². The Morgan fingerprint density at radius 3 is 2.39 bits per heavy atom. The lowest BCUT2D eigenvalue weighted by Gasteiger charge is -2.23. The summed E-state index contributed by atoms with van der Waals surface area (Å²) in [6.45, 7) is 7.08. The van der Waals surface area contributed by atoms with Gasteiger partial charge in [-0.25, -0.2) is 8.78 Å². The summed E-state index contributed by atoms with van der Waals surface area (Å²) in [7, 11) is 1.80. The standard InChI is InChI=1S/C14H22F2N2/c1-4-18(5-2)9-8-14(17-3)12-7-6-11(15)10-13(12)16/h6-7,10,14,17H,4-5,8-9H2,1-3H3. The molecular formula is C14H22F2N2. The minimum absolute atomic E-state index is 0.0776. The second-order valence-electron chi connectivity index (χ2n) is 4.32. The highest BCUT2D eigenvalue weighted by atomic mass is 19.1. The van der Waals surface area contributed by atoms with E-state index in [0.717, 1.165) is 32.1 Å². The predicted molar refractivity (Wildman–Crippen MR) is 70.6 cm³/mol. The van der Waals surface area contributed by atoms with Gasteiger partial charge in [0.05, 0.1) is 0 Å². The largest absolute Gasteiger partial charge is 0.313 e. The molecule has 0 radical (unpaired) electrons. The van der Waals surface area contributed by atoms with Crippen molar-refractivity contribution in [1.29, 1.82) is 0 Å². The van der Waals surface area contributed by atoms with Crippen molar-refractivity contribution in [2.75, 3.05) is 26.7 Å². The van der Waals surface area contributed by atoms with Gasteiger partial charge >= 0.3 is 0 Å². The molecule has 2 nitrogen and oxygen atoms in total. The van der Waals surface area contributed by atoms with Crippen molar-refractivity contribution in [3.63, 3.8) is 0 Å². The van der Waals surface area contributed by atoms with Crippen LogP contribution in [0, 0.1) is 11.6 Å². The van der Waals surface area contributed by atoms with E-state index < -0.39 is 11.6 Å². The molecule has 0 saturated heterocycles. The van der Waals surface area contributed by atoms with Crippen LogP contribution in [0.15, 0.2) is 18.2 Å². The zero-order valence-electron chi connectivity index (χ0n) is 11.3.